The molecule has 0 saturated carbocycles. The van der Waals surface area contributed by atoms with E-state index >= 15 is 0 Å². The van der Waals surface area contributed by atoms with E-state index in [4.69, 9.17) is 16.3 Å². The Bertz CT molecular complexity index is 666. The zero-order valence-electron chi connectivity index (χ0n) is 11.5. The molecule has 20 heavy (non-hydrogen) atoms. The summed E-state index contributed by atoms with van der Waals surface area (Å²) >= 11 is 10.3. The summed E-state index contributed by atoms with van der Waals surface area (Å²) in [6, 6.07) is 10.6. The fourth-order valence-corrected chi connectivity index (χ4v) is 3.45. The third-order valence-corrected chi connectivity index (χ3v) is 5.17. The molecule has 2 aromatic carbocycles. The molecule has 1 aliphatic heterocycles. The van der Waals surface area contributed by atoms with E-state index in [0.29, 0.717) is 0 Å². The highest BCUT2D eigenvalue weighted by atomic mass is 79.9. The molecule has 1 heterocycles. The number of alkyl halides is 1. The van der Waals surface area contributed by atoms with E-state index in [2.05, 4.69) is 54.0 Å². The molecular weight excluding hydrogens is 336 g/mol. The smallest absolute Gasteiger partial charge is 0.122 e. The van der Waals surface area contributed by atoms with Gasteiger partial charge in [-0.3, -0.25) is 0 Å². The summed E-state index contributed by atoms with van der Waals surface area (Å²) in [5, 5.41) is -0.118. The second-order valence-electron chi connectivity index (χ2n) is 5.29. The number of rotatable bonds is 2. The van der Waals surface area contributed by atoms with Gasteiger partial charge in [-0.2, -0.15) is 0 Å². The Morgan fingerprint density at radius 2 is 1.95 bits per heavy atom. The maximum absolute atomic E-state index is 6.71. The van der Waals surface area contributed by atoms with Crippen molar-refractivity contribution in [3.63, 3.8) is 0 Å². The van der Waals surface area contributed by atoms with Crippen molar-refractivity contribution in [2.75, 3.05) is 6.61 Å². The fraction of sp³-hybridized carbons (Fsp3) is 0.294. The van der Waals surface area contributed by atoms with Gasteiger partial charge in [0.15, 0.2) is 0 Å². The molecule has 0 aromatic heterocycles. The summed E-state index contributed by atoms with van der Waals surface area (Å²) in [5.74, 6) is 1.00. The van der Waals surface area contributed by atoms with Crippen LogP contribution in [0.15, 0.2) is 34.8 Å². The second kappa shape index (κ2) is 5.42. The maximum atomic E-state index is 6.71. The number of benzene rings is 2. The predicted molar refractivity (Wildman–Crippen MR) is 87.0 cm³/mol. The zero-order valence-corrected chi connectivity index (χ0v) is 13.9. The van der Waals surface area contributed by atoms with E-state index < -0.39 is 0 Å². The van der Waals surface area contributed by atoms with Gasteiger partial charge in [0, 0.05) is 10.9 Å². The first kappa shape index (κ1) is 14.0. The van der Waals surface area contributed by atoms with Crippen LogP contribution in [-0.4, -0.2) is 6.61 Å². The molecule has 0 amide bonds. The van der Waals surface area contributed by atoms with E-state index in [-0.39, 0.29) is 5.38 Å². The maximum Gasteiger partial charge on any atom is 0.122 e. The van der Waals surface area contributed by atoms with Crippen LogP contribution in [0.25, 0.3) is 0 Å². The Morgan fingerprint density at radius 1 is 1.15 bits per heavy atom. The second-order valence-corrected chi connectivity index (χ2v) is 6.58. The Balaban J connectivity index is 2.00. The largest absolute Gasteiger partial charge is 0.493 e. The lowest BCUT2D eigenvalue weighted by Crippen LogP contribution is -1.98. The van der Waals surface area contributed by atoms with Crippen LogP contribution < -0.4 is 4.74 Å². The first-order valence-corrected chi connectivity index (χ1v) is 7.95. The molecular formula is C17H16BrClO. The minimum absolute atomic E-state index is 0.118. The lowest BCUT2D eigenvalue weighted by molar-refractivity contribution is 0.357. The van der Waals surface area contributed by atoms with Crippen LogP contribution in [0.3, 0.4) is 0 Å². The summed E-state index contributed by atoms with van der Waals surface area (Å²) in [5.41, 5.74) is 5.99. The summed E-state index contributed by atoms with van der Waals surface area (Å²) in [7, 11) is 0. The minimum atomic E-state index is -0.118. The molecule has 0 bridgehead atoms. The third-order valence-electron chi connectivity index (χ3n) is 3.83. The lowest BCUT2D eigenvalue weighted by atomic mass is 9.96. The standard InChI is InChI=1S/C17H16BrClO/c1-10-8-15(18)11(2)7-14(10)17(19)13-3-4-16-12(9-13)5-6-20-16/h3-4,7-9,17H,5-6H2,1-2H3. The van der Waals surface area contributed by atoms with Crippen molar-refractivity contribution in [3.8, 4) is 5.75 Å². The molecule has 104 valence electrons. The highest BCUT2D eigenvalue weighted by Crippen LogP contribution is 2.36. The van der Waals surface area contributed by atoms with Crippen molar-refractivity contribution in [3.05, 3.63) is 62.6 Å². The van der Waals surface area contributed by atoms with Gasteiger partial charge in [0.25, 0.3) is 0 Å². The molecule has 3 rings (SSSR count). The quantitative estimate of drug-likeness (QED) is 0.665. The van der Waals surface area contributed by atoms with Gasteiger partial charge in [-0.15, -0.1) is 11.6 Å². The average Bonchev–Trinajstić information content (AvgIpc) is 2.89. The predicted octanol–water partition coefficient (Wildman–Crippen LogP) is 5.33. The highest BCUT2D eigenvalue weighted by Gasteiger charge is 2.18. The topological polar surface area (TPSA) is 9.23 Å². The van der Waals surface area contributed by atoms with Crippen LogP contribution in [0.1, 0.15) is 33.2 Å². The van der Waals surface area contributed by atoms with E-state index in [1.807, 2.05) is 6.07 Å². The highest BCUT2D eigenvalue weighted by molar-refractivity contribution is 9.10. The normalized spacial score (nSPS) is 14.8. The van der Waals surface area contributed by atoms with Gasteiger partial charge in [0.05, 0.1) is 12.0 Å². The van der Waals surface area contributed by atoms with Crippen LogP contribution >= 0.6 is 27.5 Å². The number of ether oxygens (including phenoxy) is 1. The molecule has 0 N–H and O–H groups in total. The molecule has 2 aromatic rings. The molecule has 0 radical (unpaired) electrons. The van der Waals surface area contributed by atoms with Crippen LogP contribution in [0, 0.1) is 13.8 Å². The lowest BCUT2D eigenvalue weighted by Gasteiger charge is -2.16. The van der Waals surface area contributed by atoms with Gasteiger partial charge in [0.2, 0.25) is 0 Å². The molecule has 1 nitrogen and oxygen atoms in total. The number of hydrogen-bond acceptors (Lipinski definition) is 1. The minimum Gasteiger partial charge on any atom is -0.493 e. The van der Waals surface area contributed by atoms with E-state index in [9.17, 15) is 0 Å². The number of hydrogen-bond donors (Lipinski definition) is 0. The van der Waals surface area contributed by atoms with Crippen LogP contribution in [0.4, 0.5) is 0 Å². The molecule has 0 aliphatic carbocycles. The Hall–Kier alpha value is -0.990. The van der Waals surface area contributed by atoms with Crippen LogP contribution in [-0.2, 0) is 6.42 Å². The fourth-order valence-electron chi connectivity index (χ4n) is 2.62. The number of halogens is 2. The molecule has 1 aliphatic rings. The summed E-state index contributed by atoms with van der Waals surface area (Å²) in [4.78, 5) is 0. The molecule has 1 atom stereocenters. The molecule has 1 unspecified atom stereocenters. The van der Waals surface area contributed by atoms with Crippen LogP contribution in [0.2, 0.25) is 0 Å². The van der Waals surface area contributed by atoms with Crippen molar-refractivity contribution < 1.29 is 4.74 Å². The van der Waals surface area contributed by atoms with Crippen molar-refractivity contribution in [1.82, 2.24) is 0 Å². The van der Waals surface area contributed by atoms with Crippen molar-refractivity contribution in [2.45, 2.75) is 25.6 Å². The Morgan fingerprint density at radius 3 is 2.75 bits per heavy atom. The monoisotopic (exact) mass is 350 g/mol. The van der Waals surface area contributed by atoms with E-state index in [0.717, 1.165) is 28.8 Å². The summed E-state index contributed by atoms with van der Waals surface area (Å²) in [6.45, 7) is 4.97. The van der Waals surface area contributed by atoms with E-state index in [1.54, 1.807) is 0 Å². The zero-order chi connectivity index (χ0) is 14.3. The first-order chi connectivity index (χ1) is 9.56. The van der Waals surface area contributed by atoms with Gasteiger partial charge in [0.1, 0.15) is 5.75 Å². The summed E-state index contributed by atoms with van der Waals surface area (Å²) in [6.07, 6.45) is 0.977. The molecule has 0 spiro atoms. The van der Waals surface area contributed by atoms with Crippen molar-refractivity contribution >= 4 is 27.5 Å². The average molecular weight is 352 g/mol. The number of fused-ring (bicyclic) bond motifs is 1. The van der Waals surface area contributed by atoms with Gasteiger partial charge in [-0.1, -0.05) is 34.1 Å². The van der Waals surface area contributed by atoms with Gasteiger partial charge in [-0.05, 0) is 53.8 Å². The van der Waals surface area contributed by atoms with Crippen molar-refractivity contribution in [2.24, 2.45) is 0 Å². The molecule has 3 heteroatoms. The van der Waals surface area contributed by atoms with E-state index in [1.165, 1.54) is 22.3 Å². The summed E-state index contributed by atoms with van der Waals surface area (Å²) < 4.78 is 6.68. The number of aryl methyl sites for hydroxylation is 2. The van der Waals surface area contributed by atoms with Gasteiger partial charge in [-0.25, -0.2) is 0 Å². The first-order valence-electron chi connectivity index (χ1n) is 6.72. The Kier molecular flexibility index (Phi) is 3.78. The molecule has 0 saturated heterocycles. The SMILES string of the molecule is Cc1cc(C(Cl)c2ccc3c(c2)CCO3)c(C)cc1Br. The third kappa shape index (κ3) is 2.47. The van der Waals surface area contributed by atoms with Crippen LogP contribution in [0.5, 0.6) is 5.75 Å². The van der Waals surface area contributed by atoms with Crippen molar-refractivity contribution in [1.29, 1.82) is 0 Å². The van der Waals surface area contributed by atoms with Gasteiger partial charge < -0.3 is 4.74 Å². The van der Waals surface area contributed by atoms with Gasteiger partial charge >= 0.3 is 0 Å². The Labute approximate surface area is 133 Å². The molecule has 0 fully saturated rings.